The molecule has 21 heavy (non-hydrogen) atoms. The second kappa shape index (κ2) is 6.33. The van der Waals surface area contributed by atoms with E-state index in [-0.39, 0.29) is 5.69 Å². The van der Waals surface area contributed by atoms with E-state index in [0.29, 0.717) is 16.6 Å². The predicted octanol–water partition coefficient (Wildman–Crippen LogP) is -1.24. The maximum Gasteiger partial charge on any atom is 0.339 e. The minimum Gasteiger partial charge on any atom is -0.289 e. The molecule has 2 aromatic rings. The number of nitrogens with one attached hydrogen (secondary N) is 2. The standard InChI is InChI=1S/C11H12N6O3S/c1-17-11(14-9(19)10(20)16-17)21-5-6-3-2-4-7(13-6)8(18)15-12/h2-4H,5,12H2,1H3,(H,15,18)(H,16,20). The Labute approximate surface area is 122 Å². The zero-order chi connectivity index (χ0) is 15.4. The van der Waals surface area contributed by atoms with Crippen molar-refractivity contribution >= 4 is 17.7 Å². The lowest BCUT2D eigenvalue weighted by atomic mass is 10.3. The number of hydrogen-bond donors (Lipinski definition) is 3. The Morgan fingerprint density at radius 2 is 2.19 bits per heavy atom. The lowest BCUT2D eigenvalue weighted by Gasteiger charge is -2.06. The fraction of sp³-hybridized carbons (Fsp3) is 0.182. The Balaban J connectivity index is 2.17. The largest absolute Gasteiger partial charge is 0.339 e. The molecule has 0 unspecified atom stereocenters. The van der Waals surface area contributed by atoms with E-state index < -0.39 is 17.0 Å². The third-order valence-electron chi connectivity index (χ3n) is 2.47. The molecule has 110 valence electrons. The van der Waals surface area contributed by atoms with Crippen molar-refractivity contribution in [2.75, 3.05) is 0 Å². The number of aromatic nitrogens is 4. The van der Waals surface area contributed by atoms with Crippen LogP contribution in [-0.4, -0.2) is 25.7 Å². The van der Waals surface area contributed by atoms with Gasteiger partial charge in [-0.2, -0.15) is 4.98 Å². The van der Waals surface area contributed by atoms with Crippen LogP contribution >= 0.6 is 11.8 Å². The summed E-state index contributed by atoms with van der Waals surface area (Å²) in [6, 6.07) is 4.93. The number of aryl methyl sites for hydroxylation is 1. The SMILES string of the molecule is Cn1[nH]c(=O)c(=O)nc1SCc1cccc(C(=O)NN)n1. The zero-order valence-electron chi connectivity index (χ0n) is 11.0. The Bertz CT molecular complexity index is 784. The molecule has 0 aliphatic carbocycles. The average molecular weight is 308 g/mol. The van der Waals surface area contributed by atoms with Crippen LogP contribution in [-0.2, 0) is 12.8 Å². The summed E-state index contributed by atoms with van der Waals surface area (Å²) in [4.78, 5) is 41.5. The van der Waals surface area contributed by atoms with E-state index in [2.05, 4.69) is 15.1 Å². The van der Waals surface area contributed by atoms with Crippen molar-refractivity contribution in [1.29, 1.82) is 0 Å². The van der Waals surface area contributed by atoms with Crippen molar-refractivity contribution in [2.45, 2.75) is 10.9 Å². The first-order valence-electron chi connectivity index (χ1n) is 5.78. The Hall–Kier alpha value is -2.46. The topological polar surface area (TPSA) is 136 Å². The highest BCUT2D eigenvalue weighted by Gasteiger charge is 2.08. The van der Waals surface area contributed by atoms with E-state index in [1.54, 1.807) is 19.2 Å². The van der Waals surface area contributed by atoms with Crippen molar-refractivity contribution < 1.29 is 4.79 Å². The van der Waals surface area contributed by atoms with Crippen molar-refractivity contribution in [3.05, 3.63) is 50.3 Å². The number of nitrogen functional groups attached to an aromatic ring is 1. The molecular formula is C11H12N6O3S. The maximum atomic E-state index is 11.4. The van der Waals surface area contributed by atoms with Crippen molar-refractivity contribution in [3.63, 3.8) is 0 Å². The molecule has 0 aromatic carbocycles. The average Bonchev–Trinajstić information content (AvgIpc) is 2.49. The van der Waals surface area contributed by atoms with Gasteiger partial charge < -0.3 is 0 Å². The number of pyridine rings is 1. The molecule has 0 bridgehead atoms. The van der Waals surface area contributed by atoms with Crippen molar-refractivity contribution in [2.24, 2.45) is 12.9 Å². The van der Waals surface area contributed by atoms with E-state index in [1.807, 2.05) is 5.43 Å². The highest BCUT2D eigenvalue weighted by Crippen LogP contribution is 2.17. The van der Waals surface area contributed by atoms with Crippen LogP contribution in [0.5, 0.6) is 0 Å². The van der Waals surface area contributed by atoms with E-state index in [4.69, 9.17) is 5.84 Å². The number of aromatic amines is 1. The number of nitrogens with zero attached hydrogens (tertiary/aromatic N) is 3. The van der Waals surface area contributed by atoms with Gasteiger partial charge >= 0.3 is 11.1 Å². The summed E-state index contributed by atoms with van der Waals surface area (Å²) in [5.41, 5.74) is 1.18. The van der Waals surface area contributed by atoms with Gasteiger partial charge in [-0.25, -0.2) is 10.8 Å². The molecule has 10 heteroatoms. The van der Waals surface area contributed by atoms with E-state index in [9.17, 15) is 14.4 Å². The molecule has 0 aliphatic heterocycles. The number of thioether (sulfide) groups is 1. The summed E-state index contributed by atoms with van der Waals surface area (Å²) in [6.45, 7) is 0. The lowest BCUT2D eigenvalue weighted by Crippen LogP contribution is -2.33. The van der Waals surface area contributed by atoms with Crippen LogP contribution in [0.15, 0.2) is 32.9 Å². The summed E-state index contributed by atoms with van der Waals surface area (Å²) >= 11 is 1.21. The van der Waals surface area contributed by atoms with Crippen molar-refractivity contribution in [3.8, 4) is 0 Å². The Morgan fingerprint density at radius 1 is 1.43 bits per heavy atom. The van der Waals surface area contributed by atoms with Gasteiger partial charge in [0.2, 0.25) is 0 Å². The summed E-state index contributed by atoms with van der Waals surface area (Å²) in [7, 11) is 1.57. The van der Waals surface area contributed by atoms with Crippen LogP contribution in [0, 0.1) is 0 Å². The highest BCUT2D eigenvalue weighted by molar-refractivity contribution is 7.98. The Kier molecular flexibility index (Phi) is 4.50. The van der Waals surface area contributed by atoms with Crippen LogP contribution < -0.4 is 22.4 Å². The second-order valence-electron chi connectivity index (χ2n) is 3.98. The molecule has 2 aromatic heterocycles. The molecule has 0 fully saturated rings. The molecule has 0 saturated heterocycles. The van der Waals surface area contributed by atoms with Gasteiger partial charge in [0.1, 0.15) is 5.69 Å². The smallest absolute Gasteiger partial charge is 0.289 e. The number of hydrazine groups is 1. The van der Waals surface area contributed by atoms with Gasteiger partial charge in [-0.3, -0.25) is 29.6 Å². The van der Waals surface area contributed by atoms with Crippen LogP contribution in [0.25, 0.3) is 0 Å². The van der Waals surface area contributed by atoms with E-state index in [0.717, 1.165) is 0 Å². The fourth-order valence-electron chi connectivity index (χ4n) is 1.49. The van der Waals surface area contributed by atoms with Crippen LogP contribution in [0.2, 0.25) is 0 Å². The monoisotopic (exact) mass is 308 g/mol. The van der Waals surface area contributed by atoms with Crippen LogP contribution in [0.1, 0.15) is 16.2 Å². The van der Waals surface area contributed by atoms with Gasteiger partial charge in [-0.05, 0) is 12.1 Å². The molecule has 1 amide bonds. The van der Waals surface area contributed by atoms with E-state index in [1.165, 1.54) is 22.5 Å². The molecule has 0 spiro atoms. The maximum absolute atomic E-state index is 11.4. The predicted molar refractivity (Wildman–Crippen MR) is 75.6 cm³/mol. The molecule has 4 N–H and O–H groups in total. The molecular weight excluding hydrogens is 296 g/mol. The molecule has 0 radical (unpaired) electrons. The van der Waals surface area contributed by atoms with Crippen LogP contribution in [0.4, 0.5) is 0 Å². The molecule has 0 aliphatic rings. The number of hydrogen-bond acceptors (Lipinski definition) is 7. The highest BCUT2D eigenvalue weighted by atomic mass is 32.2. The molecule has 0 saturated carbocycles. The van der Waals surface area contributed by atoms with Crippen molar-refractivity contribution in [1.82, 2.24) is 25.2 Å². The normalized spacial score (nSPS) is 10.4. The quantitative estimate of drug-likeness (QED) is 0.211. The van der Waals surface area contributed by atoms with Gasteiger partial charge in [0, 0.05) is 12.8 Å². The number of nitrogens with two attached hydrogens (primary N) is 1. The van der Waals surface area contributed by atoms with Gasteiger partial charge in [-0.1, -0.05) is 17.8 Å². The van der Waals surface area contributed by atoms with Crippen LogP contribution in [0.3, 0.4) is 0 Å². The Morgan fingerprint density at radius 3 is 2.90 bits per heavy atom. The zero-order valence-corrected chi connectivity index (χ0v) is 11.8. The number of rotatable bonds is 4. The lowest BCUT2D eigenvalue weighted by molar-refractivity contribution is 0.0948. The number of carbonyl (C=O) groups excluding carboxylic acids is 1. The van der Waals surface area contributed by atoms with Gasteiger partial charge in [0.25, 0.3) is 5.91 Å². The van der Waals surface area contributed by atoms with Gasteiger partial charge in [0.05, 0.1) is 5.69 Å². The summed E-state index contributed by atoms with van der Waals surface area (Å²) in [5.74, 6) is 4.93. The summed E-state index contributed by atoms with van der Waals surface area (Å²) < 4.78 is 1.35. The number of H-pyrrole nitrogens is 1. The number of carbonyl (C=O) groups is 1. The summed E-state index contributed by atoms with van der Waals surface area (Å²) in [6.07, 6.45) is 0. The molecule has 0 atom stereocenters. The third kappa shape index (κ3) is 3.55. The summed E-state index contributed by atoms with van der Waals surface area (Å²) in [5, 5.41) is 2.69. The second-order valence-corrected chi connectivity index (χ2v) is 4.92. The van der Waals surface area contributed by atoms with Gasteiger partial charge in [0.15, 0.2) is 5.16 Å². The first-order valence-corrected chi connectivity index (χ1v) is 6.77. The minimum absolute atomic E-state index is 0.193. The first kappa shape index (κ1) is 14.9. The van der Waals surface area contributed by atoms with E-state index >= 15 is 0 Å². The first-order chi connectivity index (χ1) is 10.0. The fourth-order valence-corrected chi connectivity index (χ4v) is 2.31. The molecule has 9 nitrogen and oxygen atoms in total. The molecule has 2 rings (SSSR count). The number of amides is 1. The minimum atomic E-state index is -0.847. The van der Waals surface area contributed by atoms with Gasteiger partial charge in [-0.15, -0.1) is 0 Å². The molecule has 2 heterocycles. The third-order valence-corrected chi connectivity index (χ3v) is 3.53.